The number of carbonyl (C=O) groups excluding carboxylic acids is 1. The summed E-state index contributed by atoms with van der Waals surface area (Å²) >= 11 is 0. The van der Waals surface area contributed by atoms with Gasteiger partial charge in [0.15, 0.2) is 0 Å². The van der Waals surface area contributed by atoms with Crippen LogP contribution in [-0.4, -0.2) is 34.8 Å². The summed E-state index contributed by atoms with van der Waals surface area (Å²) in [6, 6.07) is 0. The van der Waals surface area contributed by atoms with Crippen molar-refractivity contribution in [2.75, 3.05) is 0 Å². The number of hydrogen-bond donors (Lipinski definition) is 0. The Morgan fingerprint density at radius 1 is 0.758 bits per heavy atom. The van der Waals surface area contributed by atoms with Crippen molar-refractivity contribution >= 4 is 22.6 Å². The van der Waals surface area contributed by atoms with Gasteiger partial charge in [-0.25, -0.2) is 0 Å². The molecule has 0 unspecified atom stereocenters. The van der Waals surface area contributed by atoms with Crippen LogP contribution in [-0.2, 0) is 18.4 Å². The second-order valence-corrected chi connectivity index (χ2v) is 22.8. The van der Waals surface area contributed by atoms with E-state index < -0.39 is 16.6 Å². The first-order chi connectivity index (χ1) is 15.1. The minimum absolute atomic E-state index is 0.0140. The highest BCUT2D eigenvalue weighted by Gasteiger charge is 2.49. The smallest absolute Gasteiger partial charge is 0.302 e. The fraction of sp³-hybridized carbons (Fsp3) is 0.889. The molecule has 0 amide bonds. The van der Waals surface area contributed by atoms with Gasteiger partial charge in [-0.3, -0.25) is 4.79 Å². The van der Waals surface area contributed by atoms with Crippen LogP contribution < -0.4 is 0 Å². The van der Waals surface area contributed by atoms with Gasteiger partial charge in [0, 0.05) is 26.2 Å². The van der Waals surface area contributed by atoms with Crippen molar-refractivity contribution in [3.8, 4) is 0 Å². The first-order valence-corrected chi connectivity index (χ1v) is 17.6. The van der Waals surface area contributed by atoms with Gasteiger partial charge in [0.05, 0.1) is 11.9 Å². The van der Waals surface area contributed by atoms with Crippen LogP contribution in [0.25, 0.3) is 0 Å². The van der Waals surface area contributed by atoms with Gasteiger partial charge in [-0.15, -0.1) is 0 Å². The van der Waals surface area contributed by atoms with Gasteiger partial charge in [-0.05, 0) is 39.3 Å². The molecule has 0 saturated heterocycles. The van der Waals surface area contributed by atoms with E-state index in [4.69, 9.17) is 13.6 Å². The molecule has 0 aromatic carbocycles. The highest BCUT2D eigenvalue weighted by molar-refractivity contribution is 6.78. The molecule has 0 aromatic heterocycles. The maximum absolute atomic E-state index is 11.8. The van der Waals surface area contributed by atoms with E-state index in [0.717, 1.165) is 18.6 Å². The molecule has 1 rings (SSSR count). The van der Waals surface area contributed by atoms with Crippen LogP contribution in [0.4, 0.5) is 0 Å². The van der Waals surface area contributed by atoms with Crippen molar-refractivity contribution in [1.29, 1.82) is 0 Å². The number of rotatable bonds is 11. The van der Waals surface area contributed by atoms with Crippen molar-refractivity contribution in [3.63, 3.8) is 0 Å². The molecule has 4 nitrogen and oxygen atoms in total. The molecule has 1 aliphatic rings. The second-order valence-electron chi connectivity index (χ2n) is 12.1. The molecule has 33 heavy (non-hydrogen) atoms. The molecular weight excluding hydrogens is 444 g/mol. The third-order valence-electron chi connectivity index (χ3n) is 7.99. The van der Waals surface area contributed by atoms with Crippen LogP contribution in [0, 0.1) is 0 Å². The van der Waals surface area contributed by atoms with Crippen molar-refractivity contribution < 1.29 is 18.4 Å². The van der Waals surface area contributed by atoms with Crippen molar-refractivity contribution in [1.82, 2.24) is 0 Å². The predicted molar refractivity (Wildman–Crippen MR) is 146 cm³/mol. The molecule has 0 saturated carbocycles. The minimum atomic E-state index is -2.07. The van der Waals surface area contributed by atoms with Gasteiger partial charge in [0.2, 0.25) is 8.32 Å². The van der Waals surface area contributed by atoms with Gasteiger partial charge in [0.1, 0.15) is 6.10 Å². The van der Waals surface area contributed by atoms with E-state index in [0.29, 0.717) is 39.7 Å². The maximum Gasteiger partial charge on any atom is 0.302 e. The van der Waals surface area contributed by atoms with Crippen molar-refractivity contribution in [3.05, 3.63) is 11.8 Å². The summed E-state index contributed by atoms with van der Waals surface area (Å²) in [6.45, 7) is 29.4. The molecule has 0 aliphatic heterocycles. The number of esters is 1. The summed E-state index contributed by atoms with van der Waals surface area (Å²) < 4.78 is 20.1. The number of carbonyl (C=O) groups is 1. The highest BCUT2D eigenvalue weighted by Crippen LogP contribution is 2.47. The standard InChI is InChI=1S/C27H54O4Si2/c1-18(2)32(19(3)4,20(5)6)30-26-15-14-25(29-24(13)28)16-27(17-26)31-33(21(7)8,22(9)10)23(11)12/h15,18-23,25,27H,14,16-17H2,1-13H3/t25-,27-/m1/s1. The lowest BCUT2D eigenvalue weighted by Crippen LogP contribution is -2.51. The van der Waals surface area contributed by atoms with Crippen LogP contribution in [0.2, 0.25) is 33.2 Å². The molecule has 0 radical (unpaired) electrons. The Kier molecular flexibility index (Phi) is 11.4. The third kappa shape index (κ3) is 6.97. The van der Waals surface area contributed by atoms with Crippen LogP contribution >= 0.6 is 0 Å². The average Bonchev–Trinajstić information content (AvgIpc) is 2.83. The van der Waals surface area contributed by atoms with Gasteiger partial charge < -0.3 is 13.6 Å². The lowest BCUT2D eigenvalue weighted by Gasteiger charge is -2.46. The van der Waals surface area contributed by atoms with Crippen LogP contribution in [0.5, 0.6) is 0 Å². The minimum Gasteiger partial charge on any atom is -0.546 e. The van der Waals surface area contributed by atoms with Crippen LogP contribution in [0.1, 0.15) is 109 Å². The van der Waals surface area contributed by atoms with E-state index in [1.807, 2.05) is 0 Å². The fourth-order valence-electron chi connectivity index (χ4n) is 6.82. The summed E-state index contributed by atoms with van der Waals surface area (Å²) in [4.78, 5) is 11.8. The normalized spacial score (nSPS) is 20.8. The van der Waals surface area contributed by atoms with E-state index in [9.17, 15) is 4.79 Å². The van der Waals surface area contributed by atoms with E-state index in [-0.39, 0.29) is 18.2 Å². The Morgan fingerprint density at radius 3 is 1.55 bits per heavy atom. The molecular formula is C27H54O4Si2. The van der Waals surface area contributed by atoms with Crippen molar-refractivity contribution in [2.24, 2.45) is 0 Å². The largest absolute Gasteiger partial charge is 0.546 e. The molecule has 0 bridgehead atoms. The van der Waals surface area contributed by atoms with Crippen LogP contribution in [0.3, 0.4) is 0 Å². The maximum atomic E-state index is 11.8. The zero-order chi connectivity index (χ0) is 25.7. The highest BCUT2D eigenvalue weighted by atomic mass is 28.4. The predicted octanol–water partition coefficient (Wildman–Crippen LogP) is 8.74. The summed E-state index contributed by atoms with van der Waals surface area (Å²) in [5.41, 5.74) is 3.08. The van der Waals surface area contributed by atoms with Crippen molar-refractivity contribution in [2.45, 2.75) is 155 Å². The summed E-state index contributed by atoms with van der Waals surface area (Å²) in [5, 5.41) is 0. The molecule has 0 spiro atoms. The number of ether oxygens (including phenoxy) is 1. The SMILES string of the molecule is CC(=O)O[C@@H]1CC=C(O[Si](C(C)C)(C(C)C)C(C)C)C[C@H](O[Si](C(C)C)(C(C)C)C(C)C)C1. The lowest BCUT2D eigenvalue weighted by molar-refractivity contribution is -0.147. The zero-order valence-electron chi connectivity index (χ0n) is 24.0. The molecule has 2 atom stereocenters. The monoisotopic (exact) mass is 498 g/mol. The van der Waals surface area contributed by atoms with E-state index >= 15 is 0 Å². The second kappa shape index (κ2) is 12.4. The Bertz CT molecular complexity index is 609. The third-order valence-corrected chi connectivity index (χ3v) is 20.2. The Balaban J connectivity index is 3.40. The van der Waals surface area contributed by atoms with E-state index in [2.05, 4.69) is 89.2 Å². The van der Waals surface area contributed by atoms with Gasteiger partial charge in [0.25, 0.3) is 8.32 Å². The molecule has 6 heteroatoms. The molecule has 0 N–H and O–H groups in total. The molecule has 0 fully saturated rings. The zero-order valence-corrected chi connectivity index (χ0v) is 26.0. The van der Waals surface area contributed by atoms with Crippen LogP contribution in [0.15, 0.2) is 11.8 Å². The summed E-state index contributed by atoms with van der Waals surface area (Å²) in [6.07, 6.45) is 4.28. The van der Waals surface area contributed by atoms with Gasteiger partial charge in [-0.2, -0.15) is 0 Å². The number of hydrogen-bond acceptors (Lipinski definition) is 4. The Hall–Kier alpha value is -0.596. The fourth-order valence-corrected chi connectivity index (χ4v) is 17.7. The molecule has 0 heterocycles. The van der Waals surface area contributed by atoms with Gasteiger partial charge >= 0.3 is 5.97 Å². The summed E-state index contributed by atoms with van der Waals surface area (Å²) in [5.74, 6) is 0.850. The first kappa shape index (κ1) is 30.4. The quantitative estimate of drug-likeness (QED) is 0.211. The van der Waals surface area contributed by atoms with E-state index in [1.165, 1.54) is 6.92 Å². The first-order valence-electron chi connectivity index (χ1n) is 13.3. The molecule has 1 aliphatic carbocycles. The molecule has 194 valence electrons. The van der Waals surface area contributed by atoms with Gasteiger partial charge in [-0.1, -0.05) is 83.1 Å². The average molecular weight is 499 g/mol. The Morgan fingerprint density at radius 2 is 1.18 bits per heavy atom. The summed E-state index contributed by atoms with van der Waals surface area (Å²) in [7, 11) is -4.14. The molecule has 0 aromatic rings. The lowest BCUT2D eigenvalue weighted by atomic mass is 10.1. The van der Waals surface area contributed by atoms with E-state index in [1.54, 1.807) is 0 Å². The topological polar surface area (TPSA) is 44.8 Å². The Labute approximate surface area is 207 Å².